The minimum Gasteiger partial charge on any atom is -0.496 e. The fraction of sp³-hybridized carbons (Fsp3) is 0.412. The molecule has 1 aromatic heterocycles. The summed E-state index contributed by atoms with van der Waals surface area (Å²) in [5, 5.41) is 3.60. The Hall–Kier alpha value is -1.32. The predicted molar refractivity (Wildman–Crippen MR) is 87.0 cm³/mol. The Morgan fingerprint density at radius 1 is 1.15 bits per heavy atom. The van der Waals surface area contributed by atoms with Crippen molar-refractivity contribution in [3.63, 3.8) is 0 Å². The molecule has 1 heterocycles. The van der Waals surface area contributed by atoms with Crippen molar-refractivity contribution in [1.29, 1.82) is 0 Å². The Bertz CT molecular complexity index is 589. The Balaban J connectivity index is 2.46. The molecule has 1 N–H and O–H groups in total. The van der Waals surface area contributed by atoms with Crippen molar-refractivity contribution in [1.82, 2.24) is 5.32 Å². The second-order valence-corrected chi connectivity index (χ2v) is 6.44. The molecule has 0 radical (unpaired) electrons. The third-order valence-corrected chi connectivity index (χ3v) is 4.61. The van der Waals surface area contributed by atoms with Gasteiger partial charge in [0.25, 0.3) is 0 Å². The van der Waals surface area contributed by atoms with Gasteiger partial charge in [0, 0.05) is 9.75 Å². The number of methoxy groups -OCH3 is 1. The lowest BCUT2D eigenvalue weighted by Gasteiger charge is -2.21. The third-order valence-electron chi connectivity index (χ3n) is 3.55. The van der Waals surface area contributed by atoms with Crippen LogP contribution >= 0.6 is 11.3 Å². The van der Waals surface area contributed by atoms with E-state index in [1.807, 2.05) is 11.3 Å². The lowest BCUT2D eigenvalue weighted by molar-refractivity contribution is 0.411. The van der Waals surface area contributed by atoms with Crippen LogP contribution in [0.4, 0.5) is 0 Å². The van der Waals surface area contributed by atoms with Gasteiger partial charge < -0.3 is 10.1 Å². The van der Waals surface area contributed by atoms with E-state index in [1.54, 1.807) is 7.11 Å². The first kappa shape index (κ1) is 15.1. The van der Waals surface area contributed by atoms with Gasteiger partial charge in [0.05, 0.1) is 13.2 Å². The molecule has 0 aliphatic carbocycles. The van der Waals surface area contributed by atoms with Crippen molar-refractivity contribution in [2.24, 2.45) is 0 Å². The van der Waals surface area contributed by atoms with Crippen LogP contribution < -0.4 is 10.1 Å². The summed E-state index contributed by atoms with van der Waals surface area (Å²) in [4.78, 5) is 2.72. The van der Waals surface area contributed by atoms with E-state index in [9.17, 15) is 0 Å². The fourth-order valence-corrected chi connectivity index (χ4v) is 3.49. The molecule has 2 rings (SSSR count). The monoisotopic (exact) mass is 289 g/mol. The van der Waals surface area contributed by atoms with Gasteiger partial charge in [-0.3, -0.25) is 0 Å². The Labute approximate surface area is 125 Å². The SMILES string of the molecule is CCNC(c1ccc(C)s1)c1cc(C)c(OC)cc1C. The molecule has 2 aromatic rings. The van der Waals surface area contributed by atoms with Crippen molar-refractivity contribution < 1.29 is 4.74 Å². The highest BCUT2D eigenvalue weighted by atomic mass is 32.1. The van der Waals surface area contributed by atoms with Crippen molar-refractivity contribution in [3.8, 4) is 5.75 Å². The first-order valence-electron chi connectivity index (χ1n) is 7.01. The van der Waals surface area contributed by atoms with E-state index >= 15 is 0 Å². The van der Waals surface area contributed by atoms with E-state index < -0.39 is 0 Å². The number of hydrogen-bond acceptors (Lipinski definition) is 3. The van der Waals surface area contributed by atoms with Crippen molar-refractivity contribution in [3.05, 3.63) is 50.7 Å². The number of thiophene rings is 1. The fourth-order valence-electron chi connectivity index (χ4n) is 2.52. The maximum Gasteiger partial charge on any atom is 0.122 e. The van der Waals surface area contributed by atoms with Gasteiger partial charge >= 0.3 is 0 Å². The van der Waals surface area contributed by atoms with E-state index in [4.69, 9.17) is 4.74 Å². The van der Waals surface area contributed by atoms with E-state index in [0.29, 0.717) is 0 Å². The number of hydrogen-bond donors (Lipinski definition) is 1. The van der Waals surface area contributed by atoms with E-state index in [-0.39, 0.29) is 6.04 Å². The summed E-state index contributed by atoms with van der Waals surface area (Å²) >= 11 is 1.86. The van der Waals surface area contributed by atoms with Gasteiger partial charge in [-0.1, -0.05) is 13.0 Å². The predicted octanol–water partition coefficient (Wildman–Crippen LogP) is 4.38. The van der Waals surface area contributed by atoms with Gasteiger partial charge in [-0.15, -0.1) is 11.3 Å². The summed E-state index contributed by atoms with van der Waals surface area (Å²) in [6.07, 6.45) is 0. The van der Waals surface area contributed by atoms with Crippen molar-refractivity contribution >= 4 is 11.3 Å². The first-order valence-corrected chi connectivity index (χ1v) is 7.83. The molecule has 0 fully saturated rings. The summed E-state index contributed by atoms with van der Waals surface area (Å²) in [7, 11) is 1.73. The van der Waals surface area contributed by atoms with E-state index in [0.717, 1.165) is 12.3 Å². The zero-order valence-corrected chi connectivity index (χ0v) is 13.7. The lowest BCUT2D eigenvalue weighted by Crippen LogP contribution is -2.22. The van der Waals surface area contributed by atoms with Crippen LogP contribution in [-0.4, -0.2) is 13.7 Å². The van der Waals surface area contributed by atoms with Gasteiger partial charge in [0.15, 0.2) is 0 Å². The Kier molecular flexibility index (Phi) is 4.84. The standard InChI is InChI=1S/C17H23NOS/c1-6-18-17(16-8-7-13(4)20-16)14-9-12(3)15(19-5)10-11(14)2/h7-10,17-18H,6H2,1-5H3. The molecule has 20 heavy (non-hydrogen) atoms. The quantitative estimate of drug-likeness (QED) is 0.882. The van der Waals surface area contributed by atoms with Crippen LogP contribution in [0.15, 0.2) is 24.3 Å². The highest BCUT2D eigenvalue weighted by molar-refractivity contribution is 7.12. The number of benzene rings is 1. The molecule has 1 atom stereocenters. The first-order chi connectivity index (χ1) is 9.56. The number of rotatable bonds is 5. The van der Waals surface area contributed by atoms with E-state index in [1.165, 1.54) is 26.4 Å². The maximum atomic E-state index is 5.41. The zero-order chi connectivity index (χ0) is 14.7. The van der Waals surface area contributed by atoms with Crippen LogP contribution in [0.1, 0.15) is 39.4 Å². The molecule has 1 unspecified atom stereocenters. The molecule has 108 valence electrons. The van der Waals surface area contributed by atoms with Crippen LogP contribution in [0.3, 0.4) is 0 Å². The number of ether oxygens (including phenoxy) is 1. The van der Waals surface area contributed by atoms with Gasteiger partial charge in [0.2, 0.25) is 0 Å². The van der Waals surface area contributed by atoms with Crippen molar-refractivity contribution in [2.75, 3.05) is 13.7 Å². The molecular weight excluding hydrogens is 266 g/mol. The molecule has 0 saturated heterocycles. The molecule has 3 heteroatoms. The smallest absolute Gasteiger partial charge is 0.122 e. The largest absolute Gasteiger partial charge is 0.496 e. The molecule has 0 aliphatic heterocycles. The highest BCUT2D eigenvalue weighted by Crippen LogP contribution is 2.33. The molecule has 1 aromatic carbocycles. The van der Waals surface area contributed by atoms with Crippen LogP contribution in [0.25, 0.3) is 0 Å². The molecule has 0 bridgehead atoms. The van der Waals surface area contributed by atoms with Gasteiger partial charge in [-0.05, 0) is 62.2 Å². The molecular formula is C17H23NOS. The van der Waals surface area contributed by atoms with Crippen LogP contribution in [0, 0.1) is 20.8 Å². The summed E-state index contributed by atoms with van der Waals surface area (Å²) < 4.78 is 5.41. The second kappa shape index (κ2) is 6.42. The molecule has 0 aliphatic rings. The highest BCUT2D eigenvalue weighted by Gasteiger charge is 2.18. The molecule has 2 nitrogen and oxygen atoms in total. The third kappa shape index (κ3) is 3.05. The average Bonchev–Trinajstić information content (AvgIpc) is 2.85. The minimum absolute atomic E-state index is 0.267. The summed E-state index contributed by atoms with van der Waals surface area (Å²) in [5.74, 6) is 0.962. The van der Waals surface area contributed by atoms with Crippen LogP contribution in [0.5, 0.6) is 5.75 Å². The number of aryl methyl sites for hydroxylation is 3. The van der Waals surface area contributed by atoms with Crippen LogP contribution in [0.2, 0.25) is 0 Å². The van der Waals surface area contributed by atoms with Gasteiger partial charge in [-0.25, -0.2) is 0 Å². The Morgan fingerprint density at radius 3 is 2.45 bits per heavy atom. The normalized spacial score (nSPS) is 12.4. The summed E-state index contributed by atoms with van der Waals surface area (Å²) in [6.45, 7) is 9.52. The number of nitrogens with one attached hydrogen (secondary N) is 1. The van der Waals surface area contributed by atoms with Crippen LogP contribution in [-0.2, 0) is 0 Å². The summed E-state index contributed by atoms with van der Waals surface area (Å²) in [5.41, 5.74) is 3.79. The molecule has 0 spiro atoms. The Morgan fingerprint density at radius 2 is 1.90 bits per heavy atom. The summed E-state index contributed by atoms with van der Waals surface area (Å²) in [6, 6.07) is 9.07. The maximum absolute atomic E-state index is 5.41. The van der Waals surface area contributed by atoms with Crippen molar-refractivity contribution in [2.45, 2.75) is 33.7 Å². The minimum atomic E-state index is 0.267. The zero-order valence-electron chi connectivity index (χ0n) is 12.9. The molecule has 0 saturated carbocycles. The lowest BCUT2D eigenvalue weighted by atomic mass is 9.97. The van der Waals surface area contributed by atoms with Gasteiger partial charge in [0.1, 0.15) is 5.75 Å². The topological polar surface area (TPSA) is 21.3 Å². The van der Waals surface area contributed by atoms with E-state index in [2.05, 4.69) is 57.3 Å². The van der Waals surface area contributed by atoms with Gasteiger partial charge in [-0.2, -0.15) is 0 Å². The average molecular weight is 289 g/mol. The second-order valence-electron chi connectivity index (χ2n) is 5.12. The molecule has 0 amide bonds.